The molecule has 1 heterocycles. The Bertz CT molecular complexity index is 812. The lowest BCUT2D eigenvalue weighted by atomic mass is 10.2. The van der Waals surface area contributed by atoms with Gasteiger partial charge >= 0.3 is 0 Å². The minimum absolute atomic E-state index is 0.441. The maximum Gasteiger partial charge on any atom is 0.248 e. The number of primary amides is 1. The fraction of sp³-hybridized carbons (Fsp3) is 0.0588. The summed E-state index contributed by atoms with van der Waals surface area (Å²) in [5.41, 5.74) is 8.37. The summed E-state index contributed by atoms with van der Waals surface area (Å²) in [6.07, 6.45) is 1.74. The second-order valence-electron chi connectivity index (χ2n) is 5.00. The number of hydrogen-bond acceptors (Lipinski definition) is 3. The monoisotopic (exact) mass is 326 g/mol. The number of carbonyl (C=O) groups is 1. The molecule has 1 aromatic heterocycles. The van der Waals surface area contributed by atoms with Crippen LogP contribution in [0.4, 0.5) is 5.69 Å². The molecular weight excluding hydrogens is 312 g/mol. The van der Waals surface area contributed by atoms with E-state index in [1.165, 1.54) is 0 Å². The normalized spacial score (nSPS) is 10.5. The molecule has 6 heteroatoms. The van der Waals surface area contributed by atoms with Crippen LogP contribution in [0.2, 0.25) is 5.15 Å². The van der Waals surface area contributed by atoms with Gasteiger partial charge in [0.1, 0.15) is 5.15 Å². The number of rotatable bonds is 5. The zero-order valence-electron chi connectivity index (χ0n) is 12.2. The quantitative estimate of drug-likeness (QED) is 0.756. The Kier molecular flexibility index (Phi) is 4.30. The van der Waals surface area contributed by atoms with E-state index in [1.54, 1.807) is 35.1 Å². The maximum atomic E-state index is 11.0. The largest absolute Gasteiger partial charge is 0.381 e. The van der Waals surface area contributed by atoms with Crippen molar-refractivity contribution in [2.45, 2.75) is 6.54 Å². The first-order valence-corrected chi connectivity index (χ1v) is 7.44. The molecule has 0 unspecified atom stereocenters. The smallest absolute Gasteiger partial charge is 0.248 e. The zero-order chi connectivity index (χ0) is 16.2. The lowest BCUT2D eigenvalue weighted by molar-refractivity contribution is 0.100. The molecule has 0 saturated heterocycles. The van der Waals surface area contributed by atoms with Gasteiger partial charge in [-0.3, -0.25) is 4.79 Å². The number of nitrogens with one attached hydrogen (secondary N) is 1. The Labute approximate surface area is 138 Å². The third-order valence-corrected chi connectivity index (χ3v) is 3.84. The second kappa shape index (κ2) is 6.54. The van der Waals surface area contributed by atoms with Crippen molar-refractivity contribution >= 4 is 23.2 Å². The van der Waals surface area contributed by atoms with Crippen LogP contribution in [0.3, 0.4) is 0 Å². The molecule has 0 aliphatic heterocycles. The number of carbonyl (C=O) groups excluding carboxylic acids is 1. The van der Waals surface area contributed by atoms with Crippen molar-refractivity contribution in [3.63, 3.8) is 0 Å². The molecule has 3 aromatic rings. The number of aromatic nitrogens is 2. The van der Waals surface area contributed by atoms with Crippen LogP contribution in [0.5, 0.6) is 0 Å². The van der Waals surface area contributed by atoms with E-state index >= 15 is 0 Å². The summed E-state index contributed by atoms with van der Waals surface area (Å²) in [5, 5.41) is 8.13. The van der Waals surface area contributed by atoms with Gasteiger partial charge in [-0.25, -0.2) is 4.68 Å². The van der Waals surface area contributed by atoms with E-state index in [4.69, 9.17) is 17.3 Å². The molecule has 0 spiro atoms. The first-order valence-electron chi connectivity index (χ1n) is 7.07. The van der Waals surface area contributed by atoms with E-state index < -0.39 is 5.91 Å². The van der Waals surface area contributed by atoms with Crippen molar-refractivity contribution in [1.82, 2.24) is 9.78 Å². The number of nitrogens with zero attached hydrogens (tertiary/aromatic N) is 2. The molecular formula is C17H15ClN4O. The average molecular weight is 327 g/mol. The van der Waals surface area contributed by atoms with Gasteiger partial charge in [-0.15, -0.1) is 0 Å². The average Bonchev–Trinajstić information content (AvgIpc) is 2.95. The first-order chi connectivity index (χ1) is 11.1. The Balaban J connectivity index is 1.72. The number of hydrogen-bond donors (Lipinski definition) is 2. The summed E-state index contributed by atoms with van der Waals surface area (Å²) in [5.74, 6) is -0.441. The summed E-state index contributed by atoms with van der Waals surface area (Å²) in [6, 6.07) is 16.7. The Hall–Kier alpha value is -2.79. The van der Waals surface area contributed by atoms with Crippen LogP contribution in [0.1, 0.15) is 15.9 Å². The van der Waals surface area contributed by atoms with Gasteiger partial charge in [-0.2, -0.15) is 5.10 Å². The topological polar surface area (TPSA) is 72.9 Å². The number of para-hydroxylation sites is 1. The first kappa shape index (κ1) is 15.1. The summed E-state index contributed by atoms with van der Waals surface area (Å²) in [6.45, 7) is 0.529. The van der Waals surface area contributed by atoms with Crippen LogP contribution in [-0.2, 0) is 6.54 Å². The number of benzene rings is 2. The van der Waals surface area contributed by atoms with Gasteiger partial charge in [0.2, 0.25) is 5.91 Å². The summed E-state index contributed by atoms with van der Waals surface area (Å²) >= 11 is 6.39. The molecule has 0 atom stereocenters. The number of nitrogens with two attached hydrogens (primary N) is 1. The van der Waals surface area contributed by atoms with Gasteiger partial charge in [-0.05, 0) is 36.4 Å². The zero-order valence-corrected chi connectivity index (χ0v) is 13.0. The molecule has 1 amide bonds. The highest BCUT2D eigenvalue weighted by Gasteiger charge is 2.09. The van der Waals surface area contributed by atoms with E-state index in [0.29, 0.717) is 17.3 Å². The molecule has 0 aliphatic rings. The molecule has 5 nitrogen and oxygen atoms in total. The van der Waals surface area contributed by atoms with Crippen LogP contribution in [-0.4, -0.2) is 15.7 Å². The van der Waals surface area contributed by atoms with Gasteiger partial charge in [0, 0.05) is 23.4 Å². The highest BCUT2D eigenvalue weighted by molar-refractivity contribution is 6.30. The Morgan fingerprint density at radius 2 is 1.83 bits per heavy atom. The van der Waals surface area contributed by atoms with Gasteiger partial charge < -0.3 is 11.1 Å². The molecule has 0 radical (unpaired) electrons. The molecule has 116 valence electrons. The summed E-state index contributed by atoms with van der Waals surface area (Å²) in [7, 11) is 0. The van der Waals surface area contributed by atoms with Crippen LogP contribution in [0.15, 0.2) is 60.8 Å². The number of amides is 1. The van der Waals surface area contributed by atoms with E-state index in [1.807, 2.05) is 30.3 Å². The lowest BCUT2D eigenvalue weighted by Gasteiger charge is -2.07. The molecule has 3 N–H and O–H groups in total. The van der Waals surface area contributed by atoms with Crippen molar-refractivity contribution in [2.75, 3.05) is 5.32 Å². The second-order valence-corrected chi connectivity index (χ2v) is 5.36. The minimum atomic E-state index is -0.441. The van der Waals surface area contributed by atoms with E-state index in [-0.39, 0.29) is 0 Å². The van der Waals surface area contributed by atoms with Gasteiger partial charge in [0.25, 0.3) is 0 Å². The predicted octanol–water partition coefficient (Wildman–Crippen LogP) is 3.24. The predicted molar refractivity (Wildman–Crippen MR) is 90.9 cm³/mol. The SMILES string of the molecule is NC(=O)c1ccc(NCc2cnn(-c3ccccc3)c2Cl)cc1. The summed E-state index contributed by atoms with van der Waals surface area (Å²) in [4.78, 5) is 11.0. The van der Waals surface area contributed by atoms with Crippen molar-refractivity contribution in [3.8, 4) is 5.69 Å². The number of anilines is 1. The molecule has 0 saturated carbocycles. The van der Waals surface area contributed by atoms with Gasteiger partial charge in [-0.1, -0.05) is 29.8 Å². The molecule has 0 fully saturated rings. The molecule has 2 aromatic carbocycles. The van der Waals surface area contributed by atoms with Gasteiger partial charge in [0.05, 0.1) is 11.9 Å². The highest BCUT2D eigenvalue weighted by Crippen LogP contribution is 2.21. The fourth-order valence-electron chi connectivity index (χ4n) is 2.18. The Morgan fingerprint density at radius 1 is 1.13 bits per heavy atom. The standard InChI is InChI=1S/C17H15ClN4O/c18-16-13(11-21-22(16)15-4-2-1-3-5-15)10-20-14-8-6-12(7-9-14)17(19)23/h1-9,11,20H,10H2,(H2,19,23). The van der Waals surface area contributed by atoms with E-state index in [0.717, 1.165) is 16.9 Å². The van der Waals surface area contributed by atoms with Crippen molar-refractivity contribution in [1.29, 1.82) is 0 Å². The number of halogens is 1. The van der Waals surface area contributed by atoms with Crippen LogP contribution in [0.25, 0.3) is 5.69 Å². The Morgan fingerprint density at radius 3 is 2.48 bits per heavy atom. The van der Waals surface area contributed by atoms with Gasteiger partial charge in [0.15, 0.2) is 0 Å². The van der Waals surface area contributed by atoms with Crippen molar-refractivity contribution in [3.05, 3.63) is 77.1 Å². The fourth-order valence-corrected chi connectivity index (χ4v) is 2.44. The molecule has 3 rings (SSSR count). The molecule has 0 aliphatic carbocycles. The van der Waals surface area contributed by atoms with Crippen LogP contribution in [0, 0.1) is 0 Å². The maximum absolute atomic E-state index is 11.0. The minimum Gasteiger partial charge on any atom is -0.381 e. The van der Waals surface area contributed by atoms with Crippen molar-refractivity contribution < 1.29 is 4.79 Å². The van der Waals surface area contributed by atoms with E-state index in [2.05, 4.69) is 10.4 Å². The third kappa shape index (κ3) is 3.35. The lowest BCUT2D eigenvalue weighted by Crippen LogP contribution is -2.10. The van der Waals surface area contributed by atoms with Crippen LogP contribution < -0.4 is 11.1 Å². The molecule has 23 heavy (non-hydrogen) atoms. The third-order valence-electron chi connectivity index (χ3n) is 3.43. The summed E-state index contributed by atoms with van der Waals surface area (Å²) < 4.78 is 1.69. The highest BCUT2D eigenvalue weighted by atomic mass is 35.5. The van der Waals surface area contributed by atoms with Crippen LogP contribution >= 0.6 is 11.6 Å². The van der Waals surface area contributed by atoms with Crippen molar-refractivity contribution in [2.24, 2.45) is 5.73 Å². The van der Waals surface area contributed by atoms with E-state index in [9.17, 15) is 4.79 Å². The molecule has 0 bridgehead atoms.